The van der Waals surface area contributed by atoms with Crippen molar-refractivity contribution in [1.82, 2.24) is 0 Å². The van der Waals surface area contributed by atoms with E-state index < -0.39 is 0 Å². The Morgan fingerprint density at radius 3 is 2.72 bits per heavy atom. The van der Waals surface area contributed by atoms with Crippen molar-refractivity contribution in [2.24, 2.45) is 0 Å². The number of hydrogen-bond acceptors (Lipinski definition) is 4. The van der Waals surface area contributed by atoms with Crippen LogP contribution in [-0.4, -0.2) is 12.9 Å². The van der Waals surface area contributed by atoms with Gasteiger partial charge >= 0.3 is 0 Å². The van der Waals surface area contributed by atoms with Crippen LogP contribution < -0.4 is 10.5 Å². The average molecular weight is 347 g/mol. The van der Waals surface area contributed by atoms with Gasteiger partial charge in [0.15, 0.2) is 0 Å². The molecule has 1 heterocycles. The number of rotatable bonds is 3. The van der Waals surface area contributed by atoms with Gasteiger partial charge in [0.25, 0.3) is 0 Å². The second-order valence-corrected chi connectivity index (χ2v) is 6.29. The van der Waals surface area contributed by atoms with Gasteiger partial charge in [0, 0.05) is 11.3 Å². The first kappa shape index (κ1) is 13.4. The van der Waals surface area contributed by atoms with Crippen molar-refractivity contribution in [2.45, 2.75) is 0 Å². The summed E-state index contributed by atoms with van der Waals surface area (Å²) in [5, 5.41) is 0.518. The highest BCUT2D eigenvalue weighted by atomic mass is 79.9. The first-order valence-electron chi connectivity index (χ1n) is 4.96. The Hall–Kier alpha value is -1.04. The van der Waals surface area contributed by atoms with Crippen LogP contribution >= 0.6 is 38.9 Å². The van der Waals surface area contributed by atoms with E-state index in [1.54, 1.807) is 31.4 Å². The van der Waals surface area contributed by atoms with Gasteiger partial charge in [0.2, 0.25) is 5.78 Å². The van der Waals surface area contributed by atoms with E-state index in [4.69, 9.17) is 22.1 Å². The molecular weight excluding hydrogens is 338 g/mol. The Morgan fingerprint density at radius 1 is 1.44 bits per heavy atom. The molecule has 18 heavy (non-hydrogen) atoms. The molecule has 1 aromatic carbocycles. The van der Waals surface area contributed by atoms with Crippen LogP contribution in [0.3, 0.4) is 0 Å². The van der Waals surface area contributed by atoms with Crippen molar-refractivity contribution in [1.29, 1.82) is 0 Å². The summed E-state index contributed by atoms with van der Waals surface area (Å²) in [5.74, 6) is 0.429. The Kier molecular flexibility index (Phi) is 3.94. The Morgan fingerprint density at radius 2 is 2.17 bits per heavy atom. The highest BCUT2D eigenvalue weighted by Crippen LogP contribution is 2.34. The van der Waals surface area contributed by atoms with Crippen molar-refractivity contribution in [3.63, 3.8) is 0 Å². The second-order valence-electron chi connectivity index (χ2n) is 3.51. The summed E-state index contributed by atoms with van der Waals surface area (Å²) in [7, 11) is 1.54. The number of nitrogen functional groups attached to an aromatic ring is 1. The molecular formula is C12H9BrClNO2S. The van der Waals surface area contributed by atoms with Crippen LogP contribution in [0.2, 0.25) is 5.02 Å². The molecule has 94 valence electrons. The van der Waals surface area contributed by atoms with Gasteiger partial charge in [-0.1, -0.05) is 11.6 Å². The smallest absolute Gasteiger partial charge is 0.205 e. The molecule has 0 bridgehead atoms. The molecule has 1 aromatic heterocycles. The summed E-state index contributed by atoms with van der Waals surface area (Å²) in [4.78, 5) is 12.8. The van der Waals surface area contributed by atoms with Crippen molar-refractivity contribution in [2.75, 3.05) is 12.8 Å². The zero-order valence-corrected chi connectivity index (χ0v) is 12.5. The predicted octanol–water partition coefficient (Wildman–Crippen LogP) is 3.99. The molecule has 2 rings (SSSR count). The molecule has 0 atom stereocenters. The summed E-state index contributed by atoms with van der Waals surface area (Å²) in [5.41, 5.74) is 6.65. The highest BCUT2D eigenvalue weighted by molar-refractivity contribution is 9.11. The van der Waals surface area contributed by atoms with E-state index in [1.165, 1.54) is 11.3 Å². The number of benzene rings is 1. The number of carbonyl (C=O) groups is 1. The Balaban J connectivity index is 2.45. The molecule has 2 N–H and O–H groups in total. The Labute approximate surface area is 122 Å². The van der Waals surface area contributed by atoms with E-state index in [1.807, 2.05) is 0 Å². The minimum atomic E-state index is -0.163. The minimum Gasteiger partial charge on any atom is -0.497 e. The lowest BCUT2D eigenvalue weighted by atomic mass is 10.1. The topological polar surface area (TPSA) is 52.3 Å². The van der Waals surface area contributed by atoms with E-state index in [-0.39, 0.29) is 5.78 Å². The molecule has 0 aliphatic carbocycles. The van der Waals surface area contributed by atoms with Crippen molar-refractivity contribution >= 4 is 50.3 Å². The summed E-state index contributed by atoms with van der Waals surface area (Å²) >= 11 is 10.5. The molecule has 0 saturated carbocycles. The van der Waals surface area contributed by atoms with Crippen LogP contribution in [-0.2, 0) is 0 Å². The fraction of sp³-hybridized carbons (Fsp3) is 0.0833. The highest BCUT2D eigenvalue weighted by Gasteiger charge is 2.17. The zero-order valence-electron chi connectivity index (χ0n) is 9.37. The molecule has 0 unspecified atom stereocenters. The summed E-state index contributed by atoms with van der Waals surface area (Å²) in [6.07, 6.45) is 0. The summed E-state index contributed by atoms with van der Waals surface area (Å²) in [6.45, 7) is 0. The number of ketones is 1. The van der Waals surface area contributed by atoms with Crippen molar-refractivity contribution < 1.29 is 9.53 Å². The lowest BCUT2D eigenvalue weighted by molar-refractivity contribution is 0.104. The van der Waals surface area contributed by atoms with E-state index >= 15 is 0 Å². The number of hydrogen-bond donors (Lipinski definition) is 1. The van der Waals surface area contributed by atoms with Gasteiger partial charge in [-0.3, -0.25) is 4.79 Å². The van der Waals surface area contributed by atoms with Gasteiger partial charge in [0.1, 0.15) is 5.75 Å². The molecule has 0 spiro atoms. The molecule has 0 aliphatic heterocycles. The van der Waals surface area contributed by atoms with Crippen LogP contribution in [0.25, 0.3) is 0 Å². The average Bonchev–Trinajstić information content (AvgIpc) is 2.69. The molecule has 3 nitrogen and oxygen atoms in total. The van der Waals surface area contributed by atoms with Gasteiger partial charge in [-0.25, -0.2) is 0 Å². The summed E-state index contributed by atoms with van der Waals surface area (Å²) < 4.78 is 5.82. The number of anilines is 1. The second kappa shape index (κ2) is 5.30. The van der Waals surface area contributed by atoms with E-state index in [0.29, 0.717) is 26.9 Å². The van der Waals surface area contributed by atoms with Gasteiger partial charge < -0.3 is 10.5 Å². The SMILES string of the molecule is COc1ccc(N)c(C(=O)c2cc(Cl)c(Br)s2)c1. The maximum Gasteiger partial charge on any atom is 0.205 e. The van der Waals surface area contributed by atoms with Crippen LogP contribution in [0.1, 0.15) is 15.2 Å². The minimum absolute atomic E-state index is 0.163. The molecule has 0 saturated heterocycles. The monoisotopic (exact) mass is 345 g/mol. The molecule has 2 aromatic rings. The number of methoxy groups -OCH3 is 1. The summed E-state index contributed by atoms with van der Waals surface area (Å²) in [6, 6.07) is 6.61. The third-order valence-corrected chi connectivity index (χ3v) is 4.85. The molecule has 0 radical (unpaired) electrons. The third-order valence-electron chi connectivity index (χ3n) is 2.37. The van der Waals surface area contributed by atoms with Gasteiger partial charge in [0.05, 0.1) is 20.8 Å². The standard InChI is InChI=1S/C12H9BrClNO2S/c1-17-6-2-3-9(15)7(4-6)11(16)10-5-8(14)12(13)18-10/h2-5H,15H2,1H3. The number of halogens is 2. The molecule has 6 heteroatoms. The van der Waals surface area contributed by atoms with Gasteiger partial charge in [-0.15, -0.1) is 11.3 Å². The largest absolute Gasteiger partial charge is 0.497 e. The van der Waals surface area contributed by atoms with Crippen molar-refractivity contribution in [3.8, 4) is 5.75 Å². The van der Waals surface area contributed by atoms with Crippen molar-refractivity contribution in [3.05, 3.63) is 43.5 Å². The quantitative estimate of drug-likeness (QED) is 0.675. The predicted molar refractivity (Wildman–Crippen MR) is 77.9 cm³/mol. The van der Waals surface area contributed by atoms with Crippen LogP contribution in [0.4, 0.5) is 5.69 Å². The lowest BCUT2D eigenvalue weighted by Crippen LogP contribution is -2.04. The van der Waals surface area contributed by atoms with E-state index in [0.717, 1.165) is 3.79 Å². The van der Waals surface area contributed by atoms with Crippen LogP contribution in [0, 0.1) is 0 Å². The van der Waals surface area contributed by atoms with E-state index in [2.05, 4.69) is 15.9 Å². The lowest BCUT2D eigenvalue weighted by Gasteiger charge is -2.06. The number of ether oxygens (including phenoxy) is 1. The first-order valence-corrected chi connectivity index (χ1v) is 6.94. The normalized spacial score (nSPS) is 10.4. The van der Waals surface area contributed by atoms with Crippen LogP contribution in [0.5, 0.6) is 5.75 Å². The number of carbonyl (C=O) groups excluding carboxylic acids is 1. The Bertz CT molecular complexity index is 593. The fourth-order valence-electron chi connectivity index (χ4n) is 1.45. The maximum absolute atomic E-state index is 12.3. The zero-order chi connectivity index (χ0) is 13.3. The maximum atomic E-state index is 12.3. The molecule has 0 amide bonds. The van der Waals surface area contributed by atoms with Gasteiger partial charge in [-0.05, 0) is 40.2 Å². The molecule has 0 fully saturated rings. The fourth-order valence-corrected chi connectivity index (χ4v) is 3.11. The van der Waals surface area contributed by atoms with Crippen LogP contribution in [0.15, 0.2) is 28.1 Å². The van der Waals surface area contributed by atoms with Gasteiger partial charge in [-0.2, -0.15) is 0 Å². The first-order chi connectivity index (χ1) is 8.52. The number of thiophene rings is 1. The molecule has 0 aliphatic rings. The number of nitrogens with two attached hydrogens (primary N) is 1. The third kappa shape index (κ3) is 2.53. The van der Waals surface area contributed by atoms with E-state index in [9.17, 15) is 4.79 Å².